The van der Waals surface area contributed by atoms with Gasteiger partial charge in [0.15, 0.2) is 5.82 Å². The van der Waals surface area contributed by atoms with E-state index in [-0.39, 0.29) is 5.78 Å². The minimum atomic E-state index is -0.431. The molecule has 2 aliphatic carbocycles. The number of hydrogen-bond acceptors (Lipinski definition) is 4. The number of carbonyl (C=O) groups excluding carboxylic acids is 1. The molecule has 1 aromatic heterocycles. The van der Waals surface area contributed by atoms with Crippen molar-refractivity contribution in [2.24, 2.45) is 0 Å². The Hall–Kier alpha value is -6.13. The van der Waals surface area contributed by atoms with Gasteiger partial charge in [0.05, 0.1) is 16.8 Å². The number of anilines is 3. The van der Waals surface area contributed by atoms with Crippen LogP contribution in [0.1, 0.15) is 38.3 Å². The third-order valence-electron chi connectivity index (χ3n) is 9.90. The van der Waals surface area contributed by atoms with E-state index in [1.807, 2.05) is 24.3 Å². The zero-order valence-electron chi connectivity index (χ0n) is 24.7. The van der Waals surface area contributed by atoms with Gasteiger partial charge in [0.25, 0.3) is 0 Å². The summed E-state index contributed by atoms with van der Waals surface area (Å²) in [5.41, 5.74) is 14.4. The van der Waals surface area contributed by atoms with E-state index < -0.39 is 5.41 Å². The van der Waals surface area contributed by atoms with Gasteiger partial charge in [-0.1, -0.05) is 109 Å². The Balaban J connectivity index is 1.13. The predicted molar refractivity (Wildman–Crippen MR) is 182 cm³/mol. The fourth-order valence-electron chi connectivity index (χ4n) is 8.03. The van der Waals surface area contributed by atoms with E-state index in [9.17, 15) is 4.79 Å². The molecule has 7 aromatic rings. The number of fused-ring (bicyclic) bond motifs is 12. The van der Waals surface area contributed by atoms with Gasteiger partial charge in [-0.15, -0.1) is 0 Å². The van der Waals surface area contributed by atoms with E-state index in [1.165, 1.54) is 33.4 Å². The summed E-state index contributed by atoms with van der Waals surface area (Å²) in [5, 5.41) is 0. The average molecular weight is 588 g/mol. The lowest BCUT2D eigenvalue weighted by molar-refractivity contribution is 0.103. The van der Waals surface area contributed by atoms with Crippen molar-refractivity contribution in [3.63, 3.8) is 0 Å². The van der Waals surface area contributed by atoms with Gasteiger partial charge >= 0.3 is 0 Å². The summed E-state index contributed by atoms with van der Waals surface area (Å²) in [4.78, 5) is 24.9. The number of para-hydroxylation sites is 2. The Morgan fingerprint density at radius 3 is 1.59 bits per heavy atom. The third-order valence-corrected chi connectivity index (χ3v) is 9.90. The smallest absolute Gasteiger partial charge is 0.212 e. The molecule has 0 bridgehead atoms. The van der Waals surface area contributed by atoms with Crippen molar-refractivity contribution >= 4 is 22.8 Å². The van der Waals surface area contributed by atoms with Crippen LogP contribution in [-0.2, 0) is 5.41 Å². The Morgan fingerprint density at radius 2 is 0.978 bits per heavy atom. The monoisotopic (exact) mass is 587 g/mol. The number of rotatable bonds is 2. The zero-order valence-corrected chi connectivity index (χ0v) is 24.7. The van der Waals surface area contributed by atoms with E-state index >= 15 is 0 Å². The highest BCUT2D eigenvalue weighted by molar-refractivity contribution is 6.20. The molecule has 1 spiro atoms. The van der Waals surface area contributed by atoms with Crippen LogP contribution in [-0.4, -0.2) is 15.8 Å². The predicted octanol–water partition coefficient (Wildman–Crippen LogP) is 9.50. The standard InChI is InChI=1S/C42H25N3O/c46-40-31-14-2-1-11-28(31)32-25-43-41(44-39(32)40)26-21-23-27(24-22-26)45-37-19-9-7-17-35(37)42(36-18-8-10-20-38(36)45)33-15-5-3-12-29(33)30-13-4-6-16-34(30)42/h1-25H. The Kier molecular flexibility index (Phi) is 5.04. The molecule has 0 amide bonds. The summed E-state index contributed by atoms with van der Waals surface area (Å²) in [6.07, 6.45) is 1.78. The van der Waals surface area contributed by atoms with Gasteiger partial charge in [-0.3, -0.25) is 4.79 Å². The van der Waals surface area contributed by atoms with Crippen molar-refractivity contribution in [3.8, 4) is 33.6 Å². The molecule has 4 heteroatoms. The van der Waals surface area contributed by atoms with Crippen LogP contribution in [0.3, 0.4) is 0 Å². The maximum absolute atomic E-state index is 13.1. The van der Waals surface area contributed by atoms with Gasteiger partial charge in [0.2, 0.25) is 5.78 Å². The van der Waals surface area contributed by atoms with Crippen molar-refractivity contribution in [1.29, 1.82) is 0 Å². The molecule has 0 radical (unpaired) electrons. The molecular formula is C42H25N3O. The first-order chi connectivity index (χ1) is 22.7. The number of nitrogens with zero attached hydrogens (tertiary/aromatic N) is 3. The lowest BCUT2D eigenvalue weighted by Gasteiger charge is -2.45. The molecule has 0 saturated carbocycles. The first-order valence-electron chi connectivity index (χ1n) is 15.6. The van der Waals surface area contributed by atoms with Crippen molar-refractivity contribution in [1.82, 2.24) is 9.97 Å². The van der Waals surface area contributed by atoms with Crippen LogP contribution in [0.4, 0.5) is 17.1 Å². The van der Waals surface area contributed by atoms with Crippen LogP contribution in [0.5, 0.6) is 0 Å². The third kappa shape index (κ3) is 3.15. The quantitative estimate of drug-likeness (QED) is 0.202. The molecule has 46 heavy (non-hydrogen) atoms. The number of carbonyl (C=O) groups is 1. The Labute approximate surface area is 266 Å². The highest BCUT2D eigenvalue weighted by Gasteiger charge is 2.51. The van der Waals surface area contributed by atoms with E-state index in [1.54, 1.807) is 6.20 Å². The molecular weight excluding hydrogens is 562 g/mol. The minimum absolute atomic E-state index is 0.0450. The SMILES string of the molecule is O=C1c2ccccc2-c2cnc(-c3ccc(N4c5ccccc5C5(c6ccccc6-c6ccccc65)c5ccccc54)cc3)nc21. The first-order valence-corrected chi connectivity index (χ1v) is 15.6. The fourth-order valence-corrected chi connectivity index (χ4v) is 8.03. The fraction of sp³-hybridized carbons (Fsp3) is 0.0238. The van der Waals surface area contributed by atoms with Crippen molar-refractivity contribution in [2.45, 2.75) is 5.41 Å². The number of ketones is 1. The highest BCUT2D eigenvalue weighted by atomic mass is 16.1. The Morgan fingerprint density at radius 1 is 0.478 bits per heavy atom. The molecule has 0 saturated heterocycles. The molecule has 4 nitrogen and oxygen atoms in total. The van der Waals surface area contributed by atoms with Gasteiger partial charge < -0.3 is 4.90 Å². The molecule has 6 aromatic carbocycles. The van der Waals surface area contributed by atoms with E-state index in [0.717, 1.165) is 33.8 Å². The molecule has 214 valence electrons. The highest BCUT2D eigenvalue weighted by Crippen LogP contribution is 2.63. The van der Waals surface area contributed by atoms with Gasteiger partial charge in [0.1, 0.15) is 5.69 Å². The molecule has 2 heterocycles. The van der Waals surface area contributed by atoms with Crippen LogP contribution >= 0.6 is 0 Å². The second-order valence-corrected chi connectivity index (χ2v) is 12.1. The normalized spacial score (nSPS) is 14.3. The topological polar surface area (TPSA) is 46.1 Å². The lowest BCUT2D eigenvalue weighted by atomic mass is 9.64. The van der Waals surface area contributed by atoms with Gasteiger partial charge in [-0.2, -0.15) is 0 Å². The molecule has 1 aliphatic heterocycles. The first kappa shape index (κ1) is 25.2. The van der Waals surface area contributed by atoms with Crippen molar-refractivity contribution in [3.05, 3.63) is 185 Å². The number of aromatic nitrogens is 2. The molecule has 0 N–H and O–H groups in total. The summed E-state index contributed by atoms with van der Waals surface area (Å²) >= 11 is 0. The van der Waals surface area contributed by atoms with E-state index in [2.05, 4.69) is 131 Å². The number of benzene rings is 6. The summed E-state index contributed by atoms with van der Waals surface area (Å²) in [5.74, 6) is 0.500. The van der Waals surface area contributed by atoms with Crippen LogP contribution < -0.4 is 4.90 Å². The summed E-state index contributed by atoms with van der Waals surface area (Å²) in [6.45, 7) is 0. The summed E-state index contributed by atoms with van der Waals surface area (Å²) < 4.78 is 0. The molecule has 0 fully saturated rings. The lowest BCUT2D eigenvalue weighted by Crippen LogP contribution is -2.36. The van der Waals surface area contributed by atoms with Gasteiger partial charge in [-0.25, -0.2) is 9.97 Å². The number of hydrogen-bond donors (Lipinski definition) is 0. The molecule has 3 aliphatic rings. The summed E-state index contributed by atoms with van der Waals surface area (Å²) in [7, 11) is 0. The second kappa shape index (κ2) is 9.19. The maximum atomic E-state index is 13.1. The van der Waals surface area contributed by atoms with E-state index in [4.69, 9.17) is 4.98 Å². The van der Waals surface area contributed by atoms with Crippen LogP contribution in [0.15, 0.2) is 152 Å². The minimum Gasteiger partial charge on any atom is -0.310 e. The van der Waals surface area contributed by atoms with Crippen molar-refractivity contribution < 1.29 is 4.79 Å². The zero-order chi connectivity index (χ0) is 30.4. The van der Waals surface area contributed by atoms with Gasteiger partial charge in [-0.05, 0) is 75.3 Å². The molecule has 0 unspecified atom stereocenters. The van der Waals surface area contributed by atoms with Crippen LogP contribution in [0.2, 0.25) is 0 Å². The van der Waals surface area contributed by atoms with E-state index in [0.29, 0.717) is 17.1 Å². The van der Waals surface area contributed by atoms with Crippen LogP contribution in [0, 0.1) is 0 Å². The van der Waals surface area contributed by atoms with Crippen LogP contribution in [0.25, 0.3) is 33.6 Å². The molecule has 10 rings (SSSR count). The summed E-state index contributed by atoms with van der Waals surface area (Å²) in [6, 6.07) is 51.3. The average Bonchev–Trinajstić information content (AvgIpc) is 3.58. The maximum Gasteiger partial charge on any atom is 0.212 e. The van der Waals surface area contributed by atoms with Gasteiger partial charge in [0, 0.05) is 28.6 Å². The molecule has 0 atom stereocenters. The second-order valence-electron chi connectivity index (χ2n) is 12.1. The Bertz CT molecular complexity index is 2310. The van der Waals surface area contributed by atoms with Crippen molar-refractivity contribution in [2.75, 3.05) is 4.90 Å². The largest absolute Gasteiger partial charge is 0.310 e.